The first-order valence-electron chi connectivity index (χ1n) is 6.39. The third-order valence-corrected chi connectivity index (χ3v) is 5.17. The standard InChI is InChI=1S/C13H21BrN2S/c1-3-15-12-4-5-16(10(2)6-12)8-13-7-11(14)9-17-13/h7,9-10,12,15H,3-6,8H2,1-2H3. The van der Waals surface area contributed by atoms with Crippen LogP contribution in [0.4, 0.5) is 0 Å². The number of likely N-dealkylation sites (tertiary alicyclic amines) is 1. The molecule has 1 aromatic heterocycles. The predicted molar refractivity (Wildman–Crippen MR) is 78.6 cm³/mol. The van der Waals surface area contributed by atoms with Crippen molar-refractivity contribution in [1.82, 2.24) is 10.2 Å². The maximum Gasteiger partial charge on any atom is 0.0331 e. The molecule has 2 unspecified atom stereocenters. The lowest BCUT2D eigenvalue weighted by Crippen LogP contribution is -2.46. The Labute approximate surface area is 117 Å². The molecule has 2 atom stereocenters. The van der Waals surface area contributed by atoms with Crippen LogP contribution < -0.4 is 5.32 Å². The van der Waals surface area contributed by atoms with Crippen molar-refractivity contribution in [3.05, 3.63) is 20.8 Å². The van der Waals surface area contributed by atoms with Gasteiger partial charge >= 0.3 is 0 Å². The number of thiophene rings is 1. The van der Waals surface area contributed by atoms with Gasteiger partial charge in [-0.1, -0.05) is 6.92 Å². The van der Waals surface area contributed by atoms with Crippen molar-refractivity contribution in [2.24, 2.45) is 0 Å². The van der Waals surface area contributed by atoms with Crippen molar-refractivity contribution in [2.45, 2.75) is 45.3 Å². The normalized spacial score (nSPS) is 26.3. The van der Waals surface area contributed by atoms with Crippen LogP contribution in [0, 0.1) is 0 Å². The molecule has 1 aliphatic heterocycles. The first-order valence-corrected chi connectivity index (χ1v) is 8.06. The zero-order valence-electron chi connectivity index (χ0n) is 10.6. The molecule has 96 valence electrons. The SMILES string of the molecule is CCNC1CCN(Cc2cc(Br)cs2)C(C)C1. The van der Waals surface area contributed by atoms with E-state index in [1.165, 1.54) is 28.7 Å². The fraction of sp³-hybridized carbons (Fsp3) is 0.692. The third-order valence-electron chi connectivity index (χ3n) is 3.49. The molecule has 2 heterocycles. The Morgan fingerprint density at radius 1 is 1.59 bits per heavy atom. The summed E-state index contributed by atoms with van der Waals surface area (Å²) in [5, 5.41) is 5.74. The van der Waals surface area contributed by atoms with Gasteiger partial charge in [0.1, 0.15) is 0 Å². The van der Waals surface area contributed by atoms with Gasteiger partial charge in [0.2, 0.25) is 0 Å². The van der Waals surface area contributed by atoms with Gasteiger partial charge in [-0.3, -0.25) is 4.90 Å². The average molecular weight is 317 g/mol. The maximum atomic E-state index is 3.57. The van der Waals surface area contributed by atoms with Crippen LogP contribution in [0.25, 0.3) is 0 Å². The summed E-state index contributed by atoms with van der Waals surface area (Å²) in [5.41, 5.74) is 0. The van der Waals surface area contributed by atoms with Crippen LogP contribution in [0.3, 0.4) is 0 Å². The first kappa shape index (κ1) is 13.5. The zero-order valence-corrected chi connectivity index (χ0v) is 13.0. The fourth-order valence-corrected chi connectivity index (χ4v) is 4.04. The van der Waals surface area contributed by atoms with E-state index in [1.807, 2.05) is 11.3 Å². The maximum absolute atomic E-state index is 3.57. The Bertz CT molecular complexity index is 353. The minimum absolute atomic E-state index is 0.689. The second kappa shape index (κ2) is 6.32. The smallest absolute Gasteiger partial charge is 0.0331 e. The second-order valence-corrected chi connectivity index (χ2v) is 6.74. The average Bonchev–Trinajstić information content (AvgIpc) is 2.69. The van der Waals surface area contributed by atoms with Crippen LogP contribution in [0.1, 0.15) is 31.6 Å². The van der Waals surface area contributed by atoms with Crippen molar-refractivity contribution >= 4 is 27.3 Å². The van der Waals surface area contributed by atoms with Crippen molar-refractivity contribution < 1.29 is 0 Å². The van der Waals surface area contributed by atoms with Gasteiger partial charge in [0.25, 0.3) is 0 Å². The van der Waals surface area contributed by atoms with Gasteiger partial charge < -0.3 is 5.32 Å². The van der Waals surface area contributed by atoms with Crippen molar-refractivity contribution in [3.63, 3.8) is 0 Å². The van der Waals surface area contributed by atoms with E-state index in [0.29, 0.717) is 6.04 Å². The van der Waals surface area contributed by atoms with Crippen molar-refractivity contribution in [3.8, 4) is 0 Å². The Kier molecular flexibility index (Phi) is 5.03. The Morgan fingerprint density at radius 3 is 3.00 bits per heavy atom. The molecule has 0 aromatic carbocycles. The minimum atomic E-state index is 0.689. The molecular weight excluding hydrogens is 296 g/mol. The number of halogens is 1. The quantitative estimate of drug-likeness (QED) is 0.915. The topological polar surface area (TPSA) is 15.3 Å². The summed E-state index contributed by atoms with van der Waals surface area (Å²) in [6.45, 7) is 7.96. The molecule has 17 heavy (non-hydrogen) atoms. The van der Waals surface area contributed by atoms with Gasteiger partial charge in [-0.05, 0) is 48.3 Å². The Hall–Kier alpha value is 0.1000. The van der Waals surface area contributed by atoms with E-state index in [2.05, 4.69) is 51.4 Å². The number of piperidine rings is 1. The summed E-state index contributed by atoms with van der Waals surface area (Å²) in [5.74, 6) is 0. The van der Waals surface area contributed by atoms with E-state index in [9.17, 15) is 0 Å². The number of hydrogen-bond donors (Lipinski definition) is 1. The summed E-state index contributed by atoms with van der Waals surface area (Å²) in [6.07, 6.45) is 2.56. The van der Waals surface area contributed by atoms with Crippen LogP contribution in [0.2, 0.25) is 0 Å². The molecule has 4 heteroatoms. The van der Waals surface area contributed by atoms with Crippen LogP contribution in [0.5, 0.6) is 0 Å². The van der Waals surface area contributed by atoms with E-state index < -0.39 is 0 Å². The van der Waals surface area contributed by atoms with E-state index >= 15 is 0 Å². The Balaban J connectivity index is 1.87. The number of rotatable bonds is 4. The van der Waals surface area contributed by atoms with Crippen molar-refractivity contribution in [2.75, 3.05) is 13.1 Å². The monoisotopic (exact) mass is 316 g/mol. The van der Waals surface area contributed by atoms with E-state index in [4.69, 9.17) is 0 Å². The molecule has 1 saturated heterocycles. The van der Waals surface area contributed by atoms with Gasteiger partial charge in [0.05, 0.1) is 0 Å². The van der Waals surface area contributed by atoms with Crippen LogP contribution in [-0.2, 0) is 6.54 Å². The van der Waals surface area contributed by atoms with Crippen LogP contribution >= 0.6 is 27.3 Å². The van der Waals surface area contributed by atoms with E-state index in [1.54, 1.807) is 0 Å². The molecule has 2 rings (SSSR count). The molecule has 1 fully saturated rings. The molecular formula is C13H21BrN2S. The molecule has 0 aliphatic carbocycles. The van der Waals surface area contributed by atoms with Crippen molar-refractivity contribution in [1.29, 1.82) is 0 Å². The summed E-state index contributed by atoms with van der Waals surface area (Å²) >= 11 is 5.38. The minimum Gasteiger partial charge on any atom is -0.314 e. The first-order chi connectivity index (χ1) is 8.19. The Morgan fingerprint density at radius 2 is 2.41 bits per heavy atom. The lowest BCUT2D eigenvalue weighted by atomic mass is 9.98. The van der Waals surface area contributed by atoms with Gasteiger partial charge in [-0.2, -0.15) is 0 Å². The molecule has 0 saturated carbocycles. The molecule has 2 nitrogen and oxygen atoms in total. The summed E-state index contributed by atoms with van der Waals surface area (Å²) < 4.78 is 1.22. The number of nitrogens with one attached hydrogen (secondary N) is 1. The highest BCUT2D eigenvalue weighted by atomic mass is 79.9. The fourth-order valence-electron chi connectivity index (χ4n) is 2.57. The molecule has 1 aromatic rings. The highest BCUT2D eigenvalue weighted by Crippen LogP contribution is 2.25. The number of nitrogens with zero attached hydrogens (tertiary/aromatic N) is 1. The summed E-state index contributed by atoms with van der Waals surface area (Å²) in [4.78, 5) is 4.07. The summed E-state index contributed by atoms with van der Waals surface area (Å²) in [7, 11) is 0. The van der Waals surface area contributed by atoms with Crippen LogP contribution in [0.15, 0.2) is 15.9 Å². The van der Waals surface area contributed by atoms with Gasteiger partial charge in [-0.15, -0.1) is 11.3 Å². The second-order valence-electron chi connectivity index (χ2n) is 4.83. The van der Waals surface area contributed by atoms with E-state index in [-0.39, 0.29) is 0 Å². The third kappa shape index (κ3) is 3.78. The highest BCUT2D eigenvalue weighted by molar-refractivity contribution is 9.10. The molecule has 1 N–H and O–H groups in total. The molecule has 0 spiro atoms. The molecule has 0 bridgehead atoms. The lowest BCUT2D eigenvalue weighted by molar-refractivity contribution is 0.130. The molecule has 0 amide bonds. The molecule has 1 aliphatic rings. The molecule has 0 radical (unpaired) electrons. The number of hydrogen-bond acceptors (Lipinski definition) is 3. The predicted octanol–water partition coefficient (Wildman–Crippen LogP) is 3.47. The lowest BCUT2D eigenvalue weighted by Gasteiger charge is -2.37. The van der Waals surface area contributed by atoms with Gasteiger partial charge in [0, 0.05) is 39.9 Å². The highest BCUT2D eigenvalue weighted by Gasteiger charge is 2.24. The van der Waals surface area contributed by atoms with Crippen LogP contribution in [-0.4, -0.2) is 30.1 Å². The van der Waals surface area contributed by atoms with Gasteiger partial charge in [-0.25, -0.2) is 0 Å². The van der Waals surface area contributed by atoms with Gasteiger partial charge in [0.15, 0.2) is 0 Å². The summed E-state index contributed by atoms with van der Waals surface area (Å²) in [6, 6.07) is 3.66. The largest absolute Gasteiger partial charge is 0.314 e. The van der Waals surface area contributed by atoms with E-state index in [0.717, 1.165) is 19.1 Å². The zero-order chi connectivity index (χ0) is 12.3.